The average molecular weight is 788 g/mol. The first-order valence-corrected chi connectivity index (χ1v) is 21.1. The number of Topliss-reactive ketones (excluding diaryl/α,β-unsaturated/α-hetero) is 1. The van der Waals surface area contributed by atoms with E-state index in [1.54, 1.807) is 19.1 Å². The number of aromatic nitrogens is 2. The minimum absolute atomic E-state index is 0.0192. The number of halogens is 1. The zero-order valence-electron chi connectivity index (χ0n) is 30.3. The third-order valence-corrected chi connectivity index (χ3v) is 14.7. The Bertz CT molecular complexity index is 2330. The Morgan fingerprint density at radius 2 is 1.87 bits per heavy atom. The number of rotatable bonds is 7. The Hall–Kier alpha value is -4.76. The number of carbonyl (C=O) groups excluding carboxylic acids is 4. The van der Waals surface area contributed by atoms with Gasteiger partial charge in [-0.3, -0.25) is 28.9 Å². The predicted molar refractivity (Wildman–Crippen MR) is 204 cm³/mol. The van der Waals surface area contributed by atoms with E-state index < -0.39 is 67.7 Å². The molecule has 2 aliphatic carbocycles. The number of allylic oxidation sites excluding steroid dienone is 2. The summed E-state index contributed by atoms with van der Waals surface area (Å²) in [6.45, 7) is 1.58. The third-order valence-electron chi connectivity index (χ3n) is 11.7. The number of sulfonamides is 1. The molecule has 288 valence electrons. The average Bonchev–Trinajstić information content (AvgIpc) is 3.91. The number of fused-ring (bicyclic) bond motifs is 5. The molecule has 0 radical (unpaired) electrons. The molecule has 8 rings (SSSR count). The van der Waals surface area contributed by atoms with Gasteiger partial charge in [-0.05, 0) is 81.0 Å². The monoisotopic (exact) mass is 787 g/mol. The molecule has 2 aliphatic heterocycles. The maximum absolute atomic E-state index is 14.6. The molecule has 2 N–H and O–H groups in total. The topological polar surface area (TPSA) is 165 Å². The maximum Gasteiger partial charge on any atom is 0.263 e. The predicted octanol–water partition coefficient (Wildman–Crippen LogP) is 5.61. The van der Waals surface area contributed by atoms with E-state index in [2.05, 4.69) is 15.0 Å². The lowest BCUT2D eigenvalue weighted by Crippen LogP contribution is -2.52. The molecule has 55 heavy (non-hydrogen) atoms. The van der Waals surface area contributed by atoms with Crippen LogP contribution in [0.25, 0.3) is 21.7 Å². The molecule has 3 amide bonds. The SMILES string of the molecule is CC1(S(=O)(=O)NC(=O)[C@]23CC(=O)[C@@H]4C[C@@H](Oc5nc6ccccc6c6cc(F)ccc56)CN4C(=O)[C@@H](NC(=O)c4cncs4)CCCCC/C=C\[C@@H]2C3)CC1. The zero-order chi connectivity index (χ0) is 38.5. The fraction of sp³-hybridized carbons (Fsp3) is 0.450. The van der Waals surface area contributed by atoms with Gasteiger partial charge in [0.1, 0.15) is 22.8 Å². The van der Waals surface area contributed by atoms with Gasteiger partial charge in [-0.25, -0.2) is 17.8 Å². The van der Waals surface area contributed by atoms with Gasteiger partial charge in [-0.1, -0.05) is 43.2 Å². The standard InChI is InChI=1S/C40H42FN5O7S2/c1-39(15-16-39)55(51,52)45-38(50)40-19-24(40)9-5-3-2-4-6-12-31(43-35(48)34-21-42-23-54-34)37(49)46-22-26(18-32(46)33(47)20-40)53-36-28-14-13-25(41)17-29(28)27-10-7-8-11-30(27)44-36/h5,7-11,13-14,17,21,23-24,26,31-32H,2-4,6,12,15-16,18-20,22H2,1H3,(H,43,48)(H,45,50)/b9-5-/t24-,26-,31+,32+,40-/m1/s1. The molecule has 0 spiro atoms. The highest BCUT2D eigenvalue weighted by Gasteiger charge is 2.62. The normalized spacial score (nSPS) is 27.3. The number of amides is 3. The van der Waals surface area contributed by atoms with Gasteiger partial charge in [0.2, 0.25) is 27.7 Å². The molecule has 1 saturated heterocycles. The molecule has 0 bridgehead atoms. The number of ether oxygens (including phenoxy) is 1. The van der Waals surface area contributed by atoms with Crippen molar-refractivity contribution in [3.05, 3.63) is 77.0 Å². The van der Waals surface area contributed by atoms with Gasteiger partial charge >= 0.3 is 0 Å². The smallest absolute Gasteiger partial charge is 0.263 e. The quantitative estimate of drug-likeness (QED) is 0.179. The number of para-hydroxylation sites is 1. The van der Waals surface area contributed by atoms with Crippen molar-refractivity contribution in [3.63, 3.8) is 0 Å². The summed E-state index contributed by atoms with van der Waals surface area (Å²) >= 11 is 1.15. The third kappa shape index (κ3) is 7.23. The number of nitrogens with one attached hydrogen (secondary N) is 2. The molecule has 2 aromatic carbocycles. The number of ketones is 1. The first-order chi connectivity index (χ1) is 26.4. The van der Waals surface area contributed by atoms with Crippen molar-refractivity contribution in [1.82, 2.24) is 24.9 Å². The summed E-state index contributed by atoms with van der Waals surface area (Å²) < 4.78 is 48.7. The lowest BCUT2D eigenvalue weighted by molar-refractivity contribution is -0.140. The van der Waals surface area contributed by atoms with Crippen molar-refractivity contribution in [2.45, 2.75) is 94.1 Å². The molecule has 5 atom stereocenters. The molecule has 3 fully saturated rings. The molecule has 4 aliphatic rings. The second-order valence-corrected chi connectivity index (χ2v) is 18.6. The lowest BCUT2D eigenvalue weighted by Gasteiger charge is -2.29. The van der Waals surface area contributed by atoms with E-state index in [0.717, 1.165) is 29.6 Å². The van der Waals surface area contributed by atoms with Crippen LogP contribution in [0.15, 0.2) is 66.3 Å². The van der Waals surface area contributed by atoms with Crippen molar-refractivity contribution in [2.24, 2.45) is 11.3 Å². The van der Waals surface area contributed by atoms with Gasteiger partial charge in [0.05, 0.1) is 40.0 Å². The van der Waals surface area contributed by atoms with Crippen LogP contribution in [0.4, 0.5) is 4.39 Å². The molecular weight excluding hydrogens is 746 g/mol. The van der Waals surface area contributed by atoms with Crippen molar-refractivity contribution in [3.8, 4) is 5.88 Å². The van der Waals surface area contributed by atoms with E-state index >= 15 is 0 Å². The first kappa shape index (κ1) is 37.2. The minimum atomic E-state index is -3.97. The van der Waals surface area contributed by atoms with Crippen LogP contribution in [-0.2, 0) is 24.4 Å². The van der Waals surface area contributed by atoms with E-state index in [9.17, 15) is 32.0 Å². The summed E-state index contributed by atoms with van der Waals surface area (Å²) in [4.78, 5) is 66.9. The molecule has 0 unspecified atom stereocenters. The van der Waals surface area contributed by atoms with Gasteiger partial charge in [0.25, 0.3) is 5.91 Å². The molecule has 2 saturated carbocycles. The highest BCUT2D eigenvalue weighted by molar-refractivity contribution is 7.91. The van der Waals surface area contributed by atoms with Crippen molar-refractivity contribution in [2.75, 3.05) is 6.54 Å². The van der Waals surface area contributed by atoms with Gasteiger partial charge in [0.15, 0.2) is 5.78 Å². The van der Waals surface area contributed by atoms with Crippen LogP contribution in [0.2, 0.25) is 0 Å². The Labute approximate surface area is 322 Å². The fourth-order valence-corrected chi connectivity index (χ4v) is 9.84. The number of nitrogens with zero attached hydrogens (tertiary/aromatic N) is 3. The van der Waals surface area contributed by atoms with E-state index in [4.69, 9.17) is 9.72 Å². The van der Waals surface area contributed by atoms with Crippen LogP contribution in [-0.4, -0.2) is 76.3 Å². The minimum Gasteiger partial charge on any atom is -0.472 e. The molecule has 4 heterocycles. The van der Waals surface area contributed by atoms with E-state index in [0.29, 0.717) is 59.7 Å². The highest BCUT2D eigenvalue weighted by Crippen LogP contribution is 2.57. The van der Waals surface area contributed by atoms with Crippen LogP contribution < -0.4 is 14.8 Å². The summed E-state index contributed by atoms with van der Waals surface area (Å²) in [5.74, 6) is -2.55. The van der Waals surface area contributed by atoms with E-state index in [1.807, 2.05) is 30.4 Å². The summed E-state index contributed by atoms with van der Waals surface area (Å²) in [5, 5.41) is 4.79. The van der Waals surface area contributed by atoms with Crippen LogP contribution in [0.1, 0.15) is 80.8 Å². The largest absolute Gasteiger partial charge is 0.472 e. The van der Waals surface area contributed by atoms with Crippen molar-refractivity contribution in [1.29, 1.82) is 0 Å². The van der Waals surface area contributed by atoms with Gasteiger partial charge in [0, 0.05) is 23.6 Å². The summed E-state index contributed by atoms with van der Waals surface area (Å²) in [7, 11) is -3.97. The number of hydrogen-bond acceptors (Lipinski definition) is 10. The van der Waals surface area contributed by atoms with Crippen molar-refractivity contribution < 1.29 is 36.7 Å². The zero-order valence-corrected chi connectivity index (χ0v) is 32.0. The van der Waals surface area contributed by atoms with Crippen LogP contribution in [0, 0.1) is 17.2 Å². The maximum atomic E-state index is 14.6. The van der Waals surface area contributed by atoms with E-state index in [1.165, 1.54) is 28.7 Å². The highest BCUT2D eigenvalue weighted by atomic mass is 32.2. The summed E-state index contributed by atoms with van der Waals surface area (Å²) in [6.07, 6.45) is 8.82. The van der Waals surface area contributed by atoms with Crippen LogP contribution in [0.5, 0.6) is 5.88 Å². The lowest BCUT2D eigenvalue weighted by atomic mass is 9.91. The molecule has 15 heteroatoms. The number of hydrogen-bond donors (Lipinski definition) is 2. The number of pyridine rings is 1. The van der Waals surface area contributed by atoms with Gasteiger partial charge in [-0.2, -0.15) is 0 Å². The van der Waals surface area contributed by atoms with E-state index in [-0.39, 0.29) is 31.2 Å². The molecule has 2 aromatic heterocycles. The fourth-order valence-electron chi connectivity index (χ4n) is 7.99. The number of benzene rings is 2. The second-order valence-electron chi connectivity index (χ2n) is 15.6. The Morgan fingerprint density at radius 3 is 2.65 bits per heavy atom. The summed E-state index contributed by atoms with van der Waals surface area (Å²) in [5.41, 5.74) is 0.821. The van der Waals surface area contributed by atoms with Crippen molar-refractivity contribution >= 4 is 66.5 Å². The van der Waals surface area contributed by atoms with Gasteiger partial charge < -0.3 is 15.0 Å². The number of thiazole rings is 1. The van der Waals surface area contributed by atoms with Crippen LogP contribution >= 0.6 is 11.3 Å². The second kappa shape index (κ2) is 14.4. The number of carbonyl (C=O) groups is 4. The summed E-state index contributed by atoms with van der Waals surface area (Å²) in [6, 6.07) is 9.64. The Morgan fingerprint density at radius 1 is 1.05 bits per heavy atom. The molecule has 4 aromatic rings. The van der Waals surface area contributed by atoms with Crippen LogP contribution in [0.3, 0.4) is 0 Å². The Kier molecular flexibility index (Phi) is 9.73. The van der Waals surface area contributed by atoms with Gasteiger partial charge in [-0.15, -0.1) is 11.3 Å². The first-order valence-electron chi connectivity index (χ1n) is 18.8. The molecule has 12 nitrogen and oxygen atoms in total. The Balaban J connectivity index is 1.13. The molecular formula is C40H42FN5O7S2.